The molecule has 0 bridgehead atoms. The van der Waals surface area contributed by atoms with Gasteiger partial charge in [-0.05, 0) is 43.5 Å². The Bertz CT molecular complexity index is 599. The van der Waals surface area contributed by atoms with Gasteiger partial charge in [-0.3, -0.25) is 0 Å². The van der Waals surface area contributed by atoms with Crippen molar-refractivity contribution in [1.29, 1.82) is 0 Å². The Labute approximate surface area is 111 Å². The summed E-state index contributed by atoms with van der Waals surface area (Å²) in [5, 5.41) is 0.232. The monoisotopic (exact) mass is 263 g/mol. The van der Waals surface area contributed by atoms with Gasteiger partial charge in [0.25, 0.3) is 0 Å². The highest BCUT2D eigenvalue weighted by Crippen LogP contribution is 2.32. The number of nitrogens with two attached hydrogens (primary N) is 1. The second-order valence-electron chi connectivity index (χ2n) is 4.19. The van der Waals surface area contributed by atoms with Crippen molar-refractivity contribution in [3.63, 3.8) is 0 Å². The molecule has 0 aliphatic heterocycles. The molecule has 2 N–H and O–H groups in total. The van der Waals surface area contributed by atoms with Crippen LogP contribution in [0.3, 0.4) is 0 Å². The summed E-state index contributed by atoms with van der Waals surface area (Å²) in [6.45, 7) is 6.03. The molecule has 94 valence electrons. The van der Waals surface area contributed by atoms with Crippen LogP contribution in [-0.2, 0) is 0 Å². The third-order valence-electron chi connectivity index (χ3n) is 2.76. The van der Waals surface area contributed by atoms with Crippen molar-refractivity contribution >= 4 is 17.4 Å². The number of nitrogen functional groups attached to an aromatic ring is 1. The van der Waals surface area contributed by atoms with Crippen LogP contribution in [0.1, 0.15) is 16.7 Å². The number of benzene rings is 1. The maximum absolute atomic E-state index is 6.00. The summed E-state index contributed by atoms with van der Waals surface area (Å²) in [7, 11) is 0. The normalized spacial score (nSPS) is 10.4. The smallest absolute Gasteiger partial charge is 0.243 e. The highest BCUT2D eigenvalue weighted by molar-refractivity contribution is 6.34. The fraction of sp³-hybridized carbons (Fsp3) is 0.231. The van der Waals surface area contributed by atoms with Crippen LogP contribution in [0.2, 0.25) is 5.02 Å². The number of hydrogen-bond donors (Lipinski definition) is 1. The zero-order valence-corrected chi connectivity index (χ0v) is 11.2. The molecule has 0 atom stereocenters. The molecule has 0 saturated heterocycles. The van der Waals surface area contributed by atoms with Crippen LogP contribution in [0.4, 0.5) is 5.82 Å². The average Bonchev–Trinajstić information content (AvgIpc) is 2.31. The Morgan fingerprint density at radius 2 is 1.89 bits per heavy atom. The zero-order valence-electron chi connectivity index (χ0n) is 10.5. The third-order valence-corrected chi connectivity index (χ3v) is 3.11. The second kappa shape index (κ2) is 4.82. The van der Waals surface area contributed by atoms with Gasteiger partial charge in [-0.15, -0.1) is 0 Å². The van der Waals surface area contributed by atoms with Crippen LogP contribution in [-0.4, -0.2) is 9.97 Å². The van der Waals surface area contributed by atoms with Crippen molar-refractivity contribution in [2.45, 2.75) is 20.8 Å². The predicted molar refractivity (Wildman–Crippen MR) is 72.2 cm³/mol. The molecule has 0 fully saturated rings. The second-order valence-corrected chi connectivity index (χ2v) is 4.56. The Hall–Kier alpha value is -1.81. The van der Waals surface area contributed by atoms with Crippen molar-refractivity contribution in [3.05, 3.63) is 40.2 Å². The van der Waals surface area contributed by atoms with Gasteiger partial charge in [-0.2, -0.15) is 4.98 Å². The number of nitrogens with zero attached hydrogens (tertiary/aromatic N) is 2. The topological polar surface area (TPSA) is 61.0 Å². The zero-order chi connectivity index (χ0) is 13.3. The van der Waals surface area contributed by atoms with Crippen LogP contribution >= 0.6 is 11.6 Å². The molecule has 1 aromatic heterocycles. The Morgan fingerprint density at radius 3 is 2.61 bits per heavy atom. The summed E-state index contributed by atoms with van der Waals surface area (Å²) in [4.78, 5) is 7.78. The molecular weight excluding hydrogens is 250 g/mol. The molecule has 18 heavy (non-hydrogen) atoms. The molecule has 0 unspecified atom stereocenters. The molecule has 0 spiro atoms. The number of rotatable bonds is 2. The molecular formula is C13H14ClN3O. The van der Waals surface area contributed by atoms with E-state index in [1.54, 1.807) is 0 Å². The van der Waals surface area contributed by atoms with E-state index >= 15 is 0 Å². The maximum Gasteiger partial charge on any atom is 0.243 e. The van der Waals surface area contributed by atoms with Crippen molar-refractivity contribution < 1.29 is 4.74 Å². The fourth-order valence-corrected chi connectivity index (χ4v) is 1.78. The minimum absolute atomic E-state index is 0.212. The molecule has 0 amide bonds. The van der Waals surface area contributed by atoms with Gasteiger partial charge in [-0.1, -0.05) is 17.7 Å². The van der Waals surface area contributed by atoms with E-state index in [-0.39, 0.29) is 16.7 Å². The molecule has 5 heteroatoms. The van der Waals surface area contributed by atoms with Crippen LogP contribution < -0.4 is 10.5 Å². The van der Waals surface area contributed by atoms with Gasteiger partial charge in [0.2, 0.25) is 5.88 Å². The van der Waals surface area contributed by atoms with E-state index in [2.05, 4.69) is 16.0 Å². The van der Waals surface area contributed by atoms with Crippen LogP contribution in [0.25, 0.3) is 0 Å². The number of aromatic nitrogens is 2. The average molecular weight is 264 g/mol. The van der Waals surface area contributed by atoms with Crippen LogP contribution in [0.15, 0.2) is 18.5 Å². The number of ether oxygens (including phenoxy) is 1. The lowest BCUT2D eigenvalue weighted by Gasteiger charge is -2.12. The number of halogens is 1. The summed E-state index contributed by atoms with van der Waals surface area (Å²) >= 11 is 6.00. The third kappa shape index (κ3) is 2.38. The molecule has 2 rings (SSSR count). The lowest BCUT2D eigenvalue weighted by molar-refractivity contribution is 0.458. The van der Waals surface area contributed by atoms with Gasteiger partial charge in [0, 0.05) is 0 Å². The van der Waals surface area contributed by atoms with Gasteiger partial charge in [0.15, 0.2) is 0 Å². The summed E-state index contributed by atoms with van der Waals surface area (Å²) in [5.74, 6) is 1.22. The van der Waals surface area contributed by atoms with Crippen LogP contribution in [0.5, 0.6) is 11.6 Å². The van der Waals surface area contributed by atoms with Gasteiger partial charge < -0.3 is 10.5 Å². The van der Waals surface area contributed by atoms with Crippen LogP contribution in [0, 0.1) is 20.8 Å². The summed E-state index contributed by atoms with van der Waals surface area (Å²) in [5.41, 5.74) is 8.93. The summed E-state index contributed by atoms with van der Waals surface area (Å²) in [6.07, 6.45) is 1.33. The standard InChI is InChI=1S/C13H14ClN3O/c1-7-4-8(2)9(3)10(5-7)18-13-11(14)12(15)16-6-17-13/h4-6H,1-3H3,(H2,15,16,17). The Balaban J connectivity index is 2.43. The van der Waals surface area contributed by atoms with Gasteiger partial charge >= 0.3 is 0 Å². The maximum atomic E-state index is 6.00. The Morgan fingerprint density at radius 1 is 1.17 bits per heavy atom. The molecule has 0 aliphatic carbocycles. The molecule has 2 aromatic rings. The van der Waals surface area contributed by atoms with E-state index in [1.165, 1.54) is 6.33 Å². The van der Waals surface area contributed by atoms with E-state index in [9.17, 15) is 0 Å². The summed E-state index contributed by atoms with van der Waals surface area (Å²) < 4.78 is 5.72. The molecule has 4 nitrogen and oxygen atoms in total. The van der Waals surface area contributed by atoms with E-state index in [4.69, 9.17) is 22.1 Å². The number of hydrogen-bond acceptors (Lipinski definition) is 4. The van der Waals surface area contributed by atoms with Gasteiger partial charge in [0.1, 0.15) is 22.9 Å². The lowest BCUT2D eigenvalue weighted by Crippen LogP contribution is -1.98. The van der Waals surface area contributed by atoms with E-state index in [0.717, 1.165) is 22.4 Å². The highest BCUT2D eigenvalue weighted by atomic mass is 35.5. The van der Waals surface area contributed by atoms with Crippen molar-refractivity contribution in [2.24, 2.45) is 0 Å². The van der Waals surface area contributed by atoms with E-state index < -0.39 is 0 Å². The minimum atomic E-state index is 0.212. The van der Waals surface area contributed by atoms with Crippen molar-refractivity contribution in [3.8, 4) is 11.6 Å². The quantitative estimate of drug-likeness (QED) is 0.902. The Kier molecular flexibility index (Phi) is 3.39. The lowest BCUT2D eigenvalue weighted by atomic mass is 10.1. The highest BCUT2D eigenvalue weighted by Gasteiger charge is 2.11. The first-order valence-electron chi connectivity index (χ1n) is 5.50. The van der Waals surface area contributed by atoms with E-state index in [1.807, 2.05) is 26.8 Å². The fourth-order valence-electron chi connectivity index (χ4n) is 1.65. The predicted octanol–water partition coefficient (Wildman–Crippen LogP) is 3.43. The van der Waals surface area contributed by atoms with Gasteiger partial charge in [0.05, 0.1) is 0 Å². The van der Waals surface area contributed by atoms with Crippen molar-refractivity contribution in [1.82, 2.24) is 9.97 Å². The molecule has 0 saturated carbocycles. The van der Waals surface area contributed by atoms with Crippen molar-refractivity contribution in [2.75, 3.05) is 5.73 Å². The molecule has 1 aromatic carbocycles. The minimum Gasteiger partial charge on any atom is -0.437 e. The summed E-state index contributed by atoms with van der Waals surface area (Å²) in [6, 6.07) is 4.04. The number of aryl methyl sites for hydroxylation is 2. The van der Waals surface area contributed by atoms with Gasteiger partial charge in [-0.25, -0.2) is 4.98 Å². The van der Waals surface area contributed by atoms with E-state index in [0.29, 0.717) is 0 Å². The first-order valence-corrected chi connectivity index (χ1v) is 5.88. The SMILES string of the molecule is Cc1cc(C)c(C)c(Oc2ncnc(N)c2Cl)c1. The first-order chi connectivity index (χ1) is 8.49. The molecule has 0 radical (unpaired) electrons. The first kappa shape index (κ1) is 12.6. The number of anilines is 1. The molecule has 0 aliphatic rings. The largest absolute Gasteiger partial charge is 0.437 e. The molecule has 1 heterocycles.